The summed E-state index contributed by atoms with van der Waals surface area (Å²) >= 11 is 0. The Bertz CT molecular complexity index is 3640. The zero-order valence-corrected chi connectivity index (χ0v) is 33.9. The second-order valence-corrected chi connectivity index (χ2v) is 17.3. The van der Waals surface area contributed by atoms with Crippen LogP contribution in [0.25, 0.3) is 105 Å². The molecule has 286 valence electrons. The van der Waals surface area contributed by atoms with Gasteiger partial charge in [0, 0.05) is 27.1 Å². The predicted molar refractivity (Wildman–Crippen MR) is 253 cm³/mol. The summed E-state index contributed by atoms with van der Waals surface area (Å²) in [6, 6.07) is 68.9. The summed E-state index contributed by atoms with van der Waals surface area (Å²) in [5.74, 6) is 0.673. The molecule has 0 amide bonds. The molecule has 0 radical (unpaired) electrons. The summed E-state index contributed by atoms with van der Waals surface area (Å²) in [4.78, 5) is 10.8. The van der Waals surface area contributed by atoms with E-state index in [-0.39, 0.29) is 5.41 Å². The van der Waals surface area contributed by atoms with Crippen LogP contribution in [0.15, 0.2) is 188 Å². The highest BCUT2D eigenvalue weighted by Gasteiger charge is 2.35. The van der Waals surface area contributed by atoms with Crippen molar-refractivity contribution in [1.82, 2.24) is 14.5 Å². The molecule has 0 saturated carbocycles. The fourth-order valence-electron chi connectivity index (χ4n) is 10.7. The quantitative estimate of drug-likeness (QED) is 0.178. The summed E-state index contributed by atoms with van der Waals surface area (Å²) in [5, 5.41) is 5.87. The van der Waals surface area contributed by atoms with Gasteiger partial charge in [0.05, 0.1) is 22.2 Å². The van der Waals surface area contributed by atoms with Crippen LogP contribution >= 0.6 is 0 Å². The Labute approximate surface area is 354 Å². The van der Waals surface area contributed by atoms with Crippen molar-refractivity contribution >= 4 is 43.5 Å². The topological polar surface area (TPSA) is 30.7 Å². The van der Waals surface area contributed by atoms with E-state index in [0.29, 0.717) is 5.95 Å². The maximum atomic E-state index is 5.48. The van der Waals surface area contributed by atoms with Gasteiger partial charge >= 0.3 is 0 Å². The molecule has 0 bridgehead atoms. The highest BCUT2D eigenvalue weighted by atomic mass is 15.2. The minimum Gasteiger partial charge on any atom is -0.278 e. The first kappa shape index (κ1) is 34.3. The fraction of sp³-hybridized carbons (Fsp3) is 0.0690. The monoisotopic (exact) mass is 777 g/mol. The smallest absolute Gasteiger partial charge is 0.235 e. The van der Waals surface area contributed by atoms with Crippen molar-refractivity contribution in [2.24, 2.45) is 0 Å². The number of aromatic nitrogens is 3. The van der Waals surface area contributed by atoms with Crippen molar-refractivity contribution < 1.29 is 0 Å². The zero-order valence-electron chi connectivity index (χ0n) is 33.9. The van der Waals surface area contributed by atoms with E-state index in [0.717, 1.165) is 39.6 Å². The Kier molecular flexibility index (Phi) is 7.13. The first-order chi connectivity index (χ1) is 30.0. The third-order valence-electron chi connectivity index (χ3n) is 13.7. The van der Waals surface area contributed by atoms with Gasteiger partial charge in [-0.05, 0) is 114 Å². The average Bonchev–Trinajstić information content (AvgIpc) is 3.94. The van der Waals surface area contributed by atoms with Crippen LogP contribution in [0.2, 0.25) is 0 Å². The Hall–Kier alpha value is -7.62. The molecule has 2 aliphatic carbocycles. The number of rotatable bonds is 4. The van der Waals surface area contributed by atoms with E-state index >= 15 is 0 Å². The molecule has 0 unspecified atom stereocenters. The van der Waals surface area contributed by atoms with Gasteiger partial charge in [0.25, 0.3) is 0 Å². The third kappa shape index (κ3) is 4.98. The maximum absolute atomic E-state index is 5.48. The normalized spacial score (nSPS) is 13.5. The van der Waals surface area contributed by atoms with Crippen LogP contribution in [-0.2, 0) is 11.8 Å². The van der Waals surface area contributed by atoms with Gasteiger partial charge in [0.1, 0.15) is 0 Å². The van der Waals surface area contributed by atoms with Gasteiger partial charge in [0.15, 0.2) is 0 Å². The van der Waals surface area contributed by atoms with Gasteiger partial charge in [-0.15, -0.1) is 0 Å². The summed E-state index contributed by atoms with van der Waals surface area (Å²) in [6.07, 6.45) is 0.982. The van der Waals surface area contributed by atoms with Crippen LogP contribution in [0.5, 0.6) is 0 Å². The van der Waals surface area contributed by atoms with Crippen molar-refractivity contribution in [1.29, 1.82) is 0 Å². The molecule has 2 aromatic heterocycles. The molecule has 9 aromatic carbocycles. The van der Waals surface area contributed by atoms with Gasteiger partial charge < -0.3 is 0 Å². The Morgan fingerprint density at radius 1 is 0.443 bits per heavy atom. The molecule has 0 saturated heterocycles. The number of benzene rings is 9. The highest BCUT2D eigenvalue weighted by molar-refractivity contribution is 6.21. The first-order valence-corrected chi connectivity index (χ1v) is 21.3. The van der Waals surface area contributed by atoms with E-state index in [1.807, 2.05) is 0 Å². The Morgan fingerprint density at radius 3 is 2.03 bits per heavy atom. The SMILES string of the molecule is CC1(C)c2ccccc2-c2ccc(-c3nc(-n4c5ccccc5c5c6ccc(-c7ccc(-c8cccc9c8Cc8ccccc8-9)cc7)cc6ccc54)nc4ccccc34)cc21. The third-order valence-corrected chi connectivity index (χ3v) is 13.7. The Morgan fingerprint density at radius 2 is 1.13 bits per heavy atom. The molecule has 0 fully saturated rings. The maximum Gasteiger partial charge on any atom is 0.235 e. The molecule has 3 nitrogen and oxygen atoms in total. The predicted octanol–water partition coefficient (Wildman–Crippen LogP) is 14.8. The van der Waals surface area contributed by atoms with Crippen LogP contribution in [0, 0.1) is 0 Å². The number of hydrogen-bond acceptors (Lipinski definition) is 2. The first-order valence-electron chi connectivity index (χ1n) is 21.3. The molecule has 0 atom stereocenters. The van der Waals surface area contributed by atoms with Crippen molar-refractivity contribution in [3.05, 3.63) is 210 Å². The summed E-state index contributed by atoms with van der Waals surface area (Å²) in [6.45, 7) is 4.67. The van der Waals surface area contributed by atoms with Crippen LogP contribution < -0.4 is 0 Å². The minimum absolute atomic E-state index is 0.110. The van der Waals surface area contributed by atoms with Crippen LogP contribution in [-0.4, -0.2) is 14.5 Å². The molecule has 0 N–H and O–H groups in total. The number of hydrogen-bond donors (Lipinski definition) is 0. The van der Waals surface area contributed by atoms with E-state index in [9.17, 15) is 0 Å². The molecular formula is C58H39N3. The largest absolute Gasteiger partial charge is 0.278 e. The molecular weight excluding hydrogens is 739 g/mol. The van der Waals surface area contributed by atoms with Crippen LogP contribution in [0.3, 0.4) is 0 Å². The van der Waals surface area contributed by atoms with Gasteiger partial charge in [0.2, 0.25) is 5.95 Å². The van der Waals surface area contributed by atoms with E-state index in [2.05, 4.69) is 206 Å². The molecule has 3 heteroatoms. The second-order valence-electron chi connectivity index (χ2n) is 17.3. The van der Waals surface area contributed by atoms with E-state index < -0.39 is 0 Å². The summed E-state index contributed by atoms with van der Waals surface area (Å²) < 4.78 is 2.26. The standard InChI is InChI=1S/C58H39N3/c1-58(2)50-19-8-5-14-45(50)46-30-27-40(34-51(46)58)56-47-15-6-9-20-52(47)59-57(60-56)61-53-21-10-7-16-48(53)55-43-29-26-37(32-39(43)28-31-54(55)61)35-22-24-36(25-23-35)41-17-11-18-44-42-13-4-3-12-38(42)33-49(41)44/h3-32,34H,33H2,1-2H3. The summed E-state index contributed by atoms with van der Waals surface area (Å²) in [7, 11) is 0. The molecule has 2 aliphatic rings. The number of para-hydroxylation sites is 2. The average molecular weight is 778 g/mol. The van der Waals surface area contributed by atoms with Crippen molar-refractivity contribution in [2.45, 2.75) is 25.7 Å². The van der Waals surface area contributed by atoms with Crippen molar-refractivity contribution in [3.63, 3.8) is 0 Å². The van der Waals surface area contributed by atoms with E-state index in [4.69, 9.17) is 9.97 Å². The van der Waals surface area contributed by atoms with Crippen molar-refractivity contribution in [3.8, 4) is 61.7 Å². The molecule has 13 rings (SSSR count). The minimum atomic E-state index is -0.110. The lowest BCUT2D eigenvalue weighted by molar-refractivity contribution is 0.660. The van der Waals surface area contributed by atoms with Crippen LogP contribution in [0.1, 0.15) is 36.1 Å². The van der Waals surface area contributed by atoms with Crippen molar-refractivity contribution in [2.75, 3.05) is 0 Å². The van der Waals surface area contributed by atoms with Gasteiger partial charge in [-0.3, -0.25) is 4.57 Å². The highest BCUT2D eigenvalue weighted by Crippen LogP contribution is 2.50. The van der Waals surface area contributed by atoms with Gasteiger partial charge in [-0.2, -0.15) is 0 Å². The van der Waals surface area contributed by atoms with E-state index in [1.54, 1.807) is 0 Å². The lowest BCUT2D eigenvalue weighted by Crippen LogP contribution is -2.15. The fourth-order valence-corrected chi connectivity index (χ4v) is 10.7. The molecule has 61 heavy (non-hydrogen) atoms. The van der Waals surface area contributed by atoms with Crippen LogP contribution in [0.4, 0.5) is 0 Å². The lowest BCUT2D eigenvalue weighted by Gasteiger charge is -2.22. The zero-order chi connectivity index (χ0) is 40.4. The number of fused-ring (bicyclic) bond motifs is 12. The molecule has 11 aromatic rings. The van der Waals surface area contributed by atoms with E-state index in [1.165, 1.54) is 88.3 Å². The summed E-state index contributed by atoms with van der Waals surface area (Å²) in [5.41, 5.74) is 20.9. The Balaban J connectivity index is 0.919. The lowest BCUT2D eigenvalue weighted by atomic mass is 9.82. The van der Waals surface area contributed by atoms with Gasteiger partial charge in [-0.1, -0.05) is 172 Å². The second kappa shape index (κ2) is 12.7. The number of nitrogens with zero attached hydrogens (tertiary/aromatic N) is 3. The molecule has 0 spiro atoms. The molecule has 0 aliphatic heterocycles. The van der Waals surface area contributed by atoms with Gasteiger partial charge in [-0.25, -0.2) is 9.97 Å². The molecule has 2 heterocycles.